The van der Waals surface area contributed by atoms with Crippen molar-refractivity contribution in [2.75, 3.05) is 0 Å². The van der Waals surface area contributed by atoms with Gasteiger partial charge in [0.25, 0.3) is 0 Å². The van der Waals surface area contributed by atoms with Gasteiger partial charge in [-0.05, 0) is 18.6 Å². The maximum atomic E-state index is 4.27. The molecule has 0 saturated carbocycles. The number of hydrogen-bond acceptors (Lipinski definition) is 2. The number of nitrogens with zero attached hydrogens (tertiary/aromatic N) is 2. The fraction of sp³-hybridized carbons (Fsp3) is 0.167. The molecule has 15 heavy (non-hydrogen) atoms. The van der Waals surface area contributed by atoms with E-state index in [1.807, 2.05) is 12.1 Å². The fourth-order valence-corrected chi connectivity index (χ4v) is 1.68. The summed E-state index contributed by atoms with van der Waals surface area (Å²) < 4.78 is 0. The van der Waals surface area contributed by atoms with Crippen LogP contribution in [0.5, 0.6) is 0 Å². The molecule has 0 bridgehead atoms. The number of aromatic nitrogens is 2. The summed E-state index contributed by atoms with van der Waals surface area (Å²) in [4.78, 5) is 8.69. The Labute approximate surface area is 97.5 Å². The van der Waals surface area contributed by atoms with Gasteiger partial charge in [-0.2, -0.15) is 0 Å². The first-order valence-corrected chi connectivity index (χ1v) is 5.69. The summed E-state index contributed by atoms with van der Waals surface area (Å²) >= 11 is 3.55. The minimum absolute atomic E-state index is 0.356. The summed E-state index contributed by atoms with van der Waals surface area (Å²) in [6, 6.07) is 8.31. The van der Waals surface area contributed by atoms with Gasteiger partial charge in [0.1, 0.15) is 0 Å². The molecule has 0 aliphatic rings. The molecule has 0 N–H and O–H groups in total. The zero-order chi connectivity index (χ0) is 10.7. The summed E-state index contributed by atoms with van der Waals surface area (Å²) in [7, 11) is 0. The Bertz CT molecular complexity index is 440. The minimum atomic E-state index is 0.356. The standard InChI is InChI=1S/C12H11BrN2/c1-9(13)10-3-2-4-11(7-10)12-8-14-5-6-15-12/h2-9H,1H3. The van der Waals surface area contributed by atoms with Gasteiger partial charge in [-0.1, -0.05) is 34.1 Å². The second-order valence-corrected chi connectivity index (χ2v) is 4.71. The monoisotopic (exact) mass is 262 g/mol. The summed E-state index contributed by atoms with van der Waals surface area (Å²) in [5, 5.41) is 0. The van der Waals surface area contributed by atoms with Crippen molar-refractivity contribution in [2.24, 2.45) is 0 Å². The van der Waals surface area contributed by atoms with Gasteiger partial charge in [-0.15, -0.1) is 0 Å². The second kappa shape index (κ2) is 4.53. The lowest BCUT2D eigenvalue weighted by Crippen LogP contribution is -1.87. The number of rotatable bonds is 2. The highest BCUT2D eigenvalue weighted by atomic mass is 79.9. The molecule has 0 radical (unpaired) electrons. The van der Waals surface area contributed by atoms with Crippen LogP contribution >= 0.6 is 15.9 Å². The maximum Gasteiger partial charge on any atom is 0.0885 e. The van der Waals surface area contributed by atoms with Crippen LogP contribution < -0.4 is 0 Å². The quantitative estimate of drug-likeness (QED) is 0.773. The Kier molecular flexibility index (Phi) is 3.11. The van der Waals surface area contributed by atoms with E-state index in [4.69, 9.17) is 0 Å². The molecule has 1 unspecified atom stereocenters. The van der Waals surface area contributed by atoms with E-state index in [9.17, 15) is 0 Å². The number of hydrogen-bond donors (Lipinski definition) is 0. The first kappa shape index (κ1) is 10.3. The molecular formula is C12H11BrN2. The van der Waals surface area contributed by atoms with E-state index in [1.54, 1.807) is 18.6 Å². The van der Waals surface area contributed by atoms with Crippen molar-refractivity contribution in [3.8, 4) is 11.3 Å². The molecule has 1 heterocycles. The fourth-order valence-electron chi connectivity index (χ4n) is 1.39. The van der Waals surface area contributed by atoms with E-state index in [-0.39, 0.29) is 0 Å². The predicted octanol–water partition coefficient (Wildman–Crippen LogP) is 3.60. The molecule has 0 spiro atoms. The van der Waals surface area contributed by atoms with Crippen LogP contribution in [-0.4, -0.2) is 9.97 Å². The molecule has 76 valence electrons. The topological polar surface area (TPSA) is 25.8 Å². The van der Waals surface area contributed by atoms with Crippen molar-refractivity contribution in [1.82, 2.24) is 9.97 Å². The lowest BCUT2D eigenvalue weighted by Gasteiger charge is -2.05. The van der Waals surface area contributed by atoms with E-state index in [0.717, 1.165) is 11.3 Å². The normalized spacial score (nSPS) is 12.4. The van der Waals surface area contributed by atoms with Gasteiger partial charge in [0.2, 0.25) is 0 Å². The molecule has 0 fully saturated rings. The second-order valence-electron chi connectivity index (χ2n) is 3.33. The van der Waals surface area contributed by atoms with Gasteiger partial charge in [0.15, 0.2) is 0 Å². The molecule has 2 rings (SSSR count). The molecule has 2 aromatic rings. The SMILES string of the molecule is CC(Br)c1cccc(-c2cnccn2)c1. The lowest BCUT2D eigenvalue weighted by atomic mass is 10.1. The Morgan fingerprint density at radius 3 is 2.80 bits per heavy atom. The van der Waals surface area contributed by atoms with Crippen LogP contribution in [0.4, 0.5) is 0 Å². The zero-order valence-corrected chi connectivity index (χ0v) is 9.98. The van der Waals surface area contributed by atoms with Crippen LogP contribution in [0.2, 0.25) is 0 Å². The van der Waals surface area contributed by atoms with Gasteiger partial charge in [0, 0.05) is 22.8 Å². The summed E-state index contributed by atoms with van der Waals surface area (Å²) in [6.07, 6.45) is 5.16. The van der Waals surface area contributed by atoms with Gasteiger partial charge in [0.05, 0.1) is 11.9 Å². The lowest BCUT2D eigenvalue weighted by molar-refractivity contribution is 1.12. The van der Waals surface area contributed by atoms with Crippen LogP contribution in [0.3, 0.4) is 0 Å². The Balaban J connectivity index is 2.42. The Morgan fingerprint density at radius 2 is 2.13 bits per heavy atom. The van der Waals surface area contributed by atoms with Gasteiger partial charge < -0.3 is 0 Å². The smallest absolute Gasteiger partial charge is 0.0885 e. The van der Waals surface area contributed by atoms with E-state index < -0.39 is 0 Å². The number of halogens is 1. The highest BCUT2D eigenvalue weighted by molar-refractivity contribution is 9.09. The van der Waals surface area contributed by atoms with Crippen LogP contribution in [-0.2, 0) is 0 Å². The minimum Gasteiger partial charge on any atom is -0.261 e. The number of benzene rings is 1. The van der Waals surface area contributed by atoms with Gasteiger partial charge in [-0.3, -0.25) is 9.97 Å². The van der Waals surface area contributed by atoms with Crippen LogP contribution in [0.1, 0.15) is 17.3 Å². The molecule has 0 aliphatic heterocycles. The summed E-state index contributed by atoms with van der Waals surface area (Å²) in [5.74, 6) is 0. The zero-order valence-electron chi connectivity index (χ0n) is 8.39. The Morgan fingerprint density at radius 1 is 1.27 bits per heavy atom. The Hall–Kier alpha value is -1.22. The largest absolute Gasteiger partial charge is 0.261 e. The van der Waals surface area contributed by atoms with Crippen molar-refractivity contribution in [3.05, 3.63) is 48.4 Å². The van der Waals surface area contributed by atoms with E-state index >= 15 is 0 Å². The maximum absolute atomic E-state index is 4.27. The summed E-state index contributed by atoms with van der Waals surface area (Å²) in [6.45, 7) is 2.11. The van der Waals surface area contributed by atoms with Crippen molar-refractivity contribution < 1.29 is 0 Å². The molecule has 1 aromatic carbocycles. The van der Waals surface area contributed by atoms with E-state index in [2.05, 4.69) is 45.0 Å². The highest BCUT2D eigenvalue weighted by Gasteiger charge is 2.03. The van der Waals surface area contributed by atoms with Crippen LogP contribution in [0.25, 0.3) is 11.3 Å². The van der Waals surface area contributed by atoms with Crippen LogP contribution in [0, 0.1) is 0 Å². The molecule has 0 saturated heterocycles. The van der Waals surface area contributed by atoms with E-state index in [1.165, 1.54) is 5.56 Å². The van der Waals surface area contributed by atoms with Crippen molar-refractivity contribution in [3.63, 3.8) is 0 Å². The molecule has 0 amide bonds. The average Bonchev–Trinajstić information content (AvgIpc) is 2.30. The molecule has 1 atom stereocenters. The van der Waals surface area contributed by atoms with Crippen LogP contribution in [0.15, 0.2) is 42.9 Å². The third-order valence-electron chi connectivity index (χ3n) is 2.20. The van der Waals surface area contributed by atoms with Crippen molar-refractivity contribution in [1.29, 1.82) is 0 Å². The first-order chi connectivity index (χ1) is 7.27. The van der Waals surface area contributed by atoms with Crippen molar-refractivity contribution >= 4 is 15.9 Å². The van der Waals surface area contributed by atoms with Gasteiger partial charge >= 0.3 is 0 Å². The first-order valence-electron chi connectivity index (χ1n) is 4.78. The average molecular weight is 263 g/mol. The number of alkyl halides is 1. The third kappa shape index (κ3) is 2.42. The summed E-state index contributed by atoms with van der Waals surface area (Å²) in [5.41, 5.74) is 3.26. The van der Waals surface area contributed by atoms with Crippen molar-refractivity contribution in [2.45, 2.75) is 11.8 Å². The van der Waals surface area contributed by atoms with E-state index in [0.29, 0.717) is 4.83 Å². The highest BCUT2D eigenvalue weighted by Crippen LogP contribution is 2.25. The molecule has 0 aliphatic carbocycles. The molecule has 1 aromatic heterocycles. The predicted molar refractivity (Wildman–Crippen MR) is 64.8 cm³/mol. The molecule has 2 nitrogen and oxygen atoms in total. The third-order valence-corrected chi connectivity index (χ3v) is 2.73. The molecular weight excluding hydrogens is 252 g/mol. The van der Waals surface area contributed by atoms with Gasteiger partial charge in [-0.25, -0.2) is 0 Å². The molecule has 3 heteroatoms.